The van der Waals surface area contributed by atoms with Gasteiger partial charge in [-0.2, -0.15) is 0 Å². The quantitative estimate of drug-likeness (QED) is 0.350. The van der Waals surface area contributed by atoms with Crippen LogP contribution in [-0.2, 0) is 17.7 Å². The highest BCUT2D eigenvalue weighted by molar-refractivity contribution is 14.0. The SMILES string of the molecule is CN=C(NCCc1ncc(C)s1)NCc1ccc(N2CCOC(C)C2)nc1.I. The van der Waals surface area contributed by atoms with Gasteiger partial charge in [0.1, 0.15) is 5.82 Å². The third-order valence-corrected chi connectivity index (χ3v) is 5.33. The molecule has 9 heteroatoms. The van der Waals surface area contributed by atoms with Gasteiger partial charge in [0.25, 0.3) is 0 Å². The number of ether oxygens (including phenoxy) is 1. The van der Waals surface area contributed by atoms with Crippen LogP contribution in [0.2, 0.25) is 0 Å². The maximum Gasteiger partial charge on any atom is 0.191 e. The Morgan fingerprint density at radius 2 is 2.18 bits per heavy atom. The number of aromatic nitrogens is 2. The Kier molecular flexibility index (Phi) is 9.39. The van der Waals surface area contributed by atoms with Crippen molar-refractivity contribution >= 4 is 47.1 Å². The lowest BCUT2D eigenvalue weighted by atomic mass is 10.2. The molecule has 7 nitrogen and oxygen atoms in total. The molecule has 0 radical (unpaired) electrons. The van der Waals surface area contributed by atoms with Crippen molar-refractivity contribution in [3.63, 3.8) is 0 Å². The van der Waals surface area contributed by atoms with E-state index >= 15 is 0 Å². The highest BCUT2D eigenvalue weighted by Gasteiger charge is 2.17. The monoisotopic (exact) mass is 516 g/mol. The van der Waals surface area contributed by atoms with Gasteiger partial charge in [-0.25, -0.2) is 9.97 Å². The molecule has 0 aromatic carbocycles. The second-order valence-corrected chi connectivity index (χ2v) is 7.94. The number of rotatable bonds is 6. The Bertz CT molecular complexity index is 751. The van der Waals surface area contributed by atoms with Gasteiger partial charge in [-0.05, 0) is 25.5 Å². The number of aryl methyl sites for hydroxylation is 1. The van der Waals surface area contributed by atoms with E-state index in [0.717, 1.165) is 55.0 Å². The van der Waals surface area contributed by atoms with E-state index in [-0.39, 0.29) is 30.1 Å². The fourth-order valence-corrected chi connectivity index (χ4v) is 3.73. The number of hydrogen-bond acceptors (Lipinski definition) is 6. The van der Waals surface area contributed by atoms with E-state index in [9.17, 15) is 0 Å². The Morgan fingerprint density at radius 1 is 1.32 bits per heavy atom. The molecular formula is C19H29IN6OS. The first-order valence-electron chi connectivity index (χ1n) is 9.31. The average molecular weight is 516 g/mol. The van der Waals surface area contributed by atoms with Crippen molar-refractivity contribution in [1.29, 1.82) is 0 Å². The average Bonchev–Trinajstić information content (AvgIpc) is 3.10. The van der Waals surface area contributed by atoms with Crippen LogP contribution >= 0.6 is 35.3 Å². The van der Waals surface area contributed by atoms with Crippen LogP contribution in [0.3, 0.4) is 0 Å². The zero-order valence-electron chi connectivity index (χ0n) is 16.6. The molecule has 1 aliphatic heterocycles. The van der Waals surface area contributed by atoms with E-state index in [2.05, 4.69) is 56.5 Å². The summed E-state index contributed by atoms with van der Waals surface area (Å²) in [6, 6.07) is 4.19. The Labute approximate surface area is 188 Å². The van der Waals surface area contributed by atoms with Crippen LogP contribution < -0.4 is 15.5 Å². The summed E-state index contributed by atoms with van der Waals surface area (Å²) in [5.41, 5.74) is 1.12. The summed E-state index contributed by atoms with van der Waals surface area (Å²) < 4.78 is 5.59. The maximum atomic E-state index is 5.59. The summed E-state index contributed by atoms with van der Waals surface area (Å²) in [5.74, 6) is 1.80. The highest BCUT2D eigenvalue weighted by atomic mass is 127. The van der Waals surface area contributed by atoms with E-state index in [1.54, 1.807) is 18.4 Å². The predicted molar refractivity (Wildman–Crippen MR) is 126 cm³/mol. The summed E-state index contributed by atoms with van der Waals surface area (Å²) in [6.07, 6.45) is 4.99. The Hall–Kier alpha value is -1.46. The number of nitrogens with zero attached hydrogens (tertiary/aromatic N) is 4. The fourth-order valence-electron chi connectivity index (χ4n) is 2.95. The van der Waals surface area contributed by atoms with Crippen molar-refractivity contribution < 1.29 is 4.74 Å². The summed E-state index contributed by atoms with van der Waals surface area (Å²) in [7, 11) is 1.78. The van der Waals surface area contributed by atoms with Gasteiger partial charge >= 0.3 is 0 Å². The summed E-state index contributed by atoms with van der Waals surface area (Å²) in [5, 5.41) is 7.81. The van der Waals surface area contributed by atoms with Gasteiger partial charge < -0.3 is 20.3 Å². The number of pyridine rings is 1. The molecule has 0 aliphatic carbocycles. The number of halogens is 1. The van der Waals surface area contributed by atoms with Crippen molar-refractivity contribution in [2.24, 2.45) is 4.99 Å². The third kappa shape index (κ3) is 6.85. The molecule has 28 heavy (non-hydrogen) atoms. The van der Waals surface area contributed by atoms with Gasteiger partial charge in [0.05, 0.1) is 17.7 Å². The molecule has 0 saturated carbocycles. The molecule has 3 rings (SSSR count). The lowest BCUT2D eigenvalue weighted by Crippen LogP contribution is -2.41. The van der Waals surface area contributed by atoms with Crippen molar-refractivity contribution in [2.45, 2.75) is 32.9 Å². The largest absolute Gasteiger partial charge is 0.375 e. The minimum absolute atomic E-state index is 0. The standard InChI is InChI=1S/C19H28N6OS.HI/c1-14-13-25(8-9-26-14)17-5-4-16(11-22-17)12-24-19(20-3)21-7-6-18-23-10-15(2)27-18;/h4-5,10-11,14H,6-9,12-13H2,1-3H3,(H2,20,21,24);1H. The van der Waals surface area contributed by atoms with Crippen LogP contribution in [0.15, 0.2) is 29.5 Å². The van der Waals surface area contributed by atoms with Gasteiger partial charge in [0, 0.05) is 56.9 Å². The van der Waals surface area contributed by atoms with Crippen LogP contribution in [0.25, 0.3) is 0 Å². The molecule has 0 bridgehead atoms. The van der Waals surface area contributed by atoms with Gasteiger partial charge in [-0.3, -0.25) is 4.99 Å². The number of anilines is 1. The summed E-state index contributed by atoms with van der Waals surface area (Å²) in [4.78, 5) is 16.8. The molecule has 1 fully saturated rings. The van der Waals surface area contributed by atoms with Crippen LogP contribution in [0.4, 0.5) is 5.82 Å². The number of thiazole rings is 1. The zero-order chi connectivity index (χ0) is 19.1. The van der Waals surface area contributed by atoms with Crippen molar-refractivity contribution in [3.05, 3.63) is 40.0 Å². The van der Waals surface area contributed by atoms with Gasteiger partial charge in [-0.15, -0.1) is 35.3 Å². The minimum Gasteiger partial charge on any atom is -0.375 e. The van der Waals surface area contributed by atoms with Gasteiger partial charge in [0.15, 0.2) is 5.96 Å². The molecule has 1 atom stereocenters. The Balaban J connectivity index is 0.00000280. The molecular weight excluding hydrogens is 487 g/mol. The summed E-state index contributed by atoms with van der Waals surface area (Å²) >= 11 is 1.74. The first-order valence-corrected chi connectivity index (χ1v) is 10.1. The molecule has 0 spiro atoms. The van der Waals surface area contributed by atoms with Crippen LogP contribution in [0.1, 0.15) is 22.4 Å². The zero-order valence-corrected chi connectivity index (χ0v) is 19.8. The lowest BCUT2D eigenvalue weighted by Gasteiger charge is -2.32. The number of guanidine groups is 1. The van der Waals surface area contributed by atoms with E-state index in [1.807, 2.05) is 12.4 Å². The molecule has 2 aromatic rings. The van der Waals surface area contributed by atoms with Crippen LogP contribution in [0.5, 0.6) is 0 Å². The first-order chi connectivity index (χ1) is 13.1. The number of hydrogen-bond donors (Lipinski definition) is 2. The van der Waals surface area contributed by atoms with Crippen molar-refractivity contribution in [1.82, 2.24) is 20.6 Å². The van der Waals surface area contributed by atoms with Crippen molar-refractivity contribution in [2.75, 3.05) is 38.2 Å². The van der Waals surface area contributed by atoms with Gasteiger partial charge in [-0.1, -0.05) is 6.07 Å². The van der Waals surface area contributed by atoms with Crippen LogP contribution in [-0.4, -0.2) is 55.3 Å². The number of morpholine rings is 1. The van der Waals surface area contributed by atoms with Crippen LogP contribution in [0, 0.1) is 6.92 Å². The predicted octanol–water partition coefficient (Wildman–Crippen LogP) is 2.60. The minimum atomic E-state index is 0. The van der Waals surface area contributed by atoms with E-state index in [0.29, 0.717) is 6.54 Å². The number of nitrogens with one attached hydrogen (secondary N) is 2. The topological polar surface area (TPSA) is 74.7 Å². The molecule has 0 amide bonds. The van der Waals surface area contributed by atoms with E-state index in [4.69, 9.17) is 4.74 Å². The maximum absolute atomic E-state index is 5.59. The van der Waals surface area contributed by atoms with Crippen molar-refractivity contribution in [3.8, 4) is 0 Å². The van der Waals surface area contributed by atoms with E-state index < -0.39 is 0 Å². The summed E-state index contributed by atoms with van der Waals surface area (Å²) in [6.45, 7) is 8.20. The normalized spacial score (nSPS) is 17.2. The third-order valence-electron chi connectivity index (χ3n) is 4.36. The molecule has 1 saturated heterocycles. The highest BCUT2D eigenvalue weighted by Crippen LogP contribution is 2.15. The molecule has 2 N–H and O–H groups in total. The number of aliphatic imine (C=N–C) groups is 1. The smallest absolute Gasteiger partial charge is 0.191 e. The Morgan fingerprint density at radius 3 is 2.82 bits per heavy atom. The molecule has 1 unspecified atom stereocenters. The fraction of sp³-hybridized carbons (Fsp3) is 0.526. The molecule has 1 aliphatic rings. The molecule has 2 aromatic heterocycles. The van der Waals surface area contributed by atoms with E-state index in [1.165, 1.54) is 4.88 Å². The second kappa shape index (κ2) is 11.5. The first kappa shape index (κ1) is 22.8. The van der Waals surface area contributed by atoms with Gasteiger partial charge in [0.2, 0.25) is 0 Å². The lowest BCUT2D eigenvalue weighted by molar-refractivity contribution is 0.0529. The second-order valence-electron chi connectivity index (χ2n) is 6.62. The molecule has 3 heterocycles. The molecule has 154 valence electrons.